The molecular weight excluding hydrogens is 1310 g/mol. The van der Waals surface area contributed by atoms with E-state index in [-0.39, 0.29) is 29.2 Å². The van der Waals surface area contributed by atoms with Crippen LogP contribution in [0.25, 0.3) is 66.9 Å². The first-order chi connectivity index (χ1) is 50.2. The molecule has 5 N–H and O–H groups in total. The Balaban J connectivity index is 0.000000147. The summed E-state index contributed by atoms with van der Waals surface area (Å²) in [6, 6.07) is 40.0. The van der Waals surface area contributed by atoms with Crippen molar-refractivity contribution in [3.05, 3.63) is 182 Å². The minimum atomic E-state index is -0.0706. The standard InChI is InChI=1S/C27H31N7O2.C26H30N6O2.C25H27N7O2/c1-4-18(2)36-21-7-9-28-24(17-21)23-8-10-29-27(32-23)30-20-5-6-22-19(15-20)16-25(31-22)26(35)34-13-11-33(3)12-14-34;1-6-26(2,3)16-34-19-9-11-27-22(15-19)21-10-12-28-25(31-21)29-18-7-8-20-17(13-18)14-23(30-20)24(33)32(4)5;1-30-10-12-32(13-11-30)24(33)23-15-17-14-18(4-5-22(17)31(23)2)28-25-27-9-7-20(29-25)21-16-19(34-3)6-8-26-21/h5-10,15-18,31H,4,11-14H2,1-3H3,(H,29,30,32);7-15,30H,6,16H2,1-5H3,(H,28,29,31);4-9,14-16H,10-13H2,1-3H3,(H,27,28,29)/t18-;;/m1../s1. The van der Waals surface area contributed by atoms with E-state index < -0.39 is 0 Å². The van der Waals surface area contributed by atoms with E-state index in [9.17, 15) is 14.4 Å². The van der Waals surface area contributed by atoms with Crippen LogP contribution in [0.3, 0.4) is 0 Å². The molecule has 0 aliphatic carbocycles. The molecule has 0 unspecified atom stereocenters. The molecule has 0 spiro atoms. The van der Waals surface area contributed by atoms with Crippen LogP contribution in [0.2, 0.25) is 0 Å². The number of aryl methyl sites for hydroxylation is 1. The van der Waals surface area contributed by atoms with Crippen LogP contribution in [0.15, 0.2) is 165 Å². The first-order valence-electron chi connectivity index (χ1n) is 34.8. The van der Waals surface area contributed by atoms with E-state index in [0.717, 1.165) is 138 Å². The number of H-pyrrole nitrogens is 2. The Kier molecular flexibility index (Phi) is 22.4. The van der Waals surface area contributed by atoms with Gasteiger partial charge in [-0.25, -0.2) is 29.9 Å². The molecule has 1 atom stereocenters. The molecular formula is C78H88N20O6. The van der Waals surface area contributed by atoms with Gasteiger partial charge < -0.3 is 69.2 Å². The third kappa shape index (κ3) is 17.9. The van der Waals surface area contributed by atoms with Gasteiger partial charge in [0, 0.05) is 179 Å². The van der Waals surface area contributed by atoms with Crippen molar-refractivity contribution >= 4 is 85.3 Å². The molecule has 26 heteroatoms. The number of pyridine rings is 3. The van der Waals surface area contributed by atoms with Crippen LogP contribution in [0, 0.1) is 5.41 Å². The van der Waals surface area contributed by atoms with Crippen LogP contribution >= 0.6 is 0 Å². The molecule has 14 rings (SSSR count). The number of fused-ring (bicyclic) bond motifs is 3. The van der Waals surface area contributed by atoms with Crippen molar-refractivity contribution in [1.29, 1.82) is 0 Å². The number of carbonyl (C=O) groups excluding carboxylic acids is 3. The number of piperazine rings is 2. The van der Waals surface area contributed by atoms with E-state index in [2.05, 4.69) is 122 Å². The summed E-state index contributed by atoms with van der Waals surface area (Å²) in [6.07, 6.45) is 12.3. The fourth-order valence-electron chi connectivity index (χ4n) is 11.6. The zero-order valence-corrected chi connectivity index (χ0v) is 60.6. The fraction of sp³-hybridized carbons (Fsp3) is 0.308. The molecule has 2 aliphatic rings. The summed E-state index contributed by atoms with van der Waals surface area (Å²) in [6.45, 7) is 17.9. The van der Waals surface area contributed by atoms with E-state index in [4.69, 9.17) is 14.2 Å². The second-order valence-electron chi connectivity index (χ2n) is 26.9. The maximum absolute atomic E-state index is 13.1. The van der Waals surface area contributed by atoms with Gasteiger partial charge >= 0.3 is 0 Å². The second kappa shape index (κ2) is 32.4. The lowest BCUT2D eigenvalue weighted by Gasteiger charge is -2.32. The summed E-state index contributed by atoms with van der Waals surface area (Å²) in [5, 5.41) is 12.6. The maximum atomic E-state index is 13.1. The van der Waals surface area contributed by atoms with E-state index >= 15 is 0 Å². The summed E-state index contributed by atoms with van der Waals surface area (Å²) >= 11 is 0. The molecule has 12 aromatic rings. The van der Waals surface area contributed by atoms with Gasteiger partial charge in [-0.2, -0.15) is 0 Å². The molecule has 26 nitrogen and oxygen atoms in total. The highest BCUT2D eigenvalue weighted by molar-refractivity contribution is 6.01. The Bertz CT molecular complexity index is 5000. The number of aromatic nitrogens is 12. The number of anilines is 6. The van der Waals surface area contributed by atoms with Gasteiger partial charge in [-0.3, -0.25) is 29.3 Å². The molecule has 536 valence electrons. The highest BCUT2D eigenvalue weighted by atomic mass is 16.5. The molecule has 104 heavy (non-hydrogen) atoms. The molecule has 11 heterocycles. The number of aromatic amines is 2. The molecule has 2 fully saturated rings. The summed E-state index contributed by atoms with van der Waals surface area (Å²) < 4.78 is 19.2. The number of hydrogen-bond donors (Lipinski definition) is 5. The number of carbonyl (C=O) groups is 3. The molecule has 2 saturated heterocycles. The van der Waals surface area contributed by atoms with Gasteiger partial charge in [-0.15, -0.1) is 0 Å². The number of amides is 3. The predicted octanol–water partition coefficient (Wildman–Crippen LogP) is 12.8. The minimum Gasteiger partial charge on any atom is -0.497 e. The number of ether oxygens (including phenoxy) is 3. The lowest BCUT2D eigenvalue weighted by Crippen LogP contribution is -2.47. The Morgan fingerprint density at radius 2 is 0.952 bits per heavy atom. The van der Waals surface area contributed by atoms with Crippen LogP contribution < -0.4 is 30.2 Å². The van der Waals surface area contributed by atoms with Crippen LogP contribution in [0.1, 0.15) is 78.9 Å². The topological polar surface area (TPSA) is 284 Å². The van der Waals surface area contributed by atoms with Gasteiger partial charge in [-0.1, -0.05) is 27.7 Å². The third-order valence-corrected chi connectivity index (χ3v) is 18.4. The van der Waals surface area contributed by atoms with Crippen molar-refractivity contribution in [2.24, 2.45) is 12.5 Å². The predicted molar refractivity (Wildman–Crippen MR) is 406 cm³/mol. The third-order valence-electron chi connectivity index (χ3n) is 18.4. The monoisotopic (exact) mass is 1400 g/mol. The Hall–Kier alpha value is -11.9. The quantitative estimate of drug-likeness (QED) is 0.0474. The van der Waals surface area contributed by atoms with Gasteiger partial charge in [0.2, 0.25) is 17.8 Å². The van der Waals surface area contributed by atoms with E-state index in [1.54, 1.807) is 69.4 Å². The zero-order valence-electron chi connectivity index (χ0n) is 60.6. The van der Waals surface area contributed by atoms with Crippen LogP contribution in [-0.4, -0.2) is 202 Å². The van der Waals surface area contributed by atoms with Crippen molar-refractivity contribution in [1.82, 2.24) is 83.9 Å². The van der Waals surface area contributed by atoms with Crippen LogP contribution in [0.5, 0.6) is 17.2 Å². The highest BCUT2D eigenvalue weighted by Gasteiger charge is 2.26. The number of methoxy groups -OCH3 is 1. The lowest BCUT2D eigenvalue weighted by atomic mass is 9.92. The fourth-order valence-corrected chi connectivity index (χ4v) is 11.6. The Morgan fingerprint density at radius 1 is 0.510 bits per heavy atom. The van der Waals surface area contributed by atoms with Crippen LogP contribution in [-0.2, 0) is 7.05 Å². The zero-order chi connectivity index (χ0) is 73.0. The van der Waals surface area contributed by atoms with E-state index in [1.807, 2.05) is 150 Å². The minimum absolute atomic E-state index is 0.0388. The first-order valence-corrected chi connectivity index (χ1v) is 34.8. The molecule has 2 aliphatic heterocycles. The SMILES string of the molecule is CCC(C)(C)COc1ccnc(-c2ccnc(Nc3ccc4[nH]c(C(=O)N(C)C)cc4c3)n2)c1.CC[C@@H](C)Oc1ccnc(-c2ccnc(Nc3ccc4[nH]c(C(=O)N5CCN(C)CC5)cc4c3)n2)c1.COc1ccnc(-c2ccnc(Nc3ccc4c(c3)cc(C(=O)N3CCN(C)CC3)n4C)n2)c1. The average Bonchev–Trinajstić information content (AvgIpc) is 1.65. The molecule has 0 bridgehead atoms. The van der Waals surface area contributed by atoms with Gasteiger partial charge in [0.1, 0.15) is 34.3 Å². The van der Waals surface area contributed by atoms with Crippen molar-refractivity contribution in [2.75, 3.05) is 110 Å². The largest absolute Gasteiger partial charge is 0.497 e. The number of benzene rings is 3. The number of nitrogens with zero attached hydrogens (tertiary/aromatic N) is 15. The summed E-state index contributed by atoms with van der Waals surface area (Å²) in [7, 11) is 11.2. The normalized spacial score (nSPS) is 13.7. The average molecular weight is 1400 g/mol. The summed E-state index contributed by atoms with van der Waals surface area (Å²) in [5.41, 5.74) is 11.5. The van der Waals surface area contributed by atoms with Gasteiger partial charge in [0.05, 0.1) is 54.0 Å². The van der Waals surface area contributed by atoms with Crippen LogP contribution in [0.4, 0.5) is 34.9 Å². The van der Waals surface area contributed by atoms with Gasteiger partial charge in [0.15, 0.2) is 0 Å². The number of hydrogen-bond acceptors (Lipinski definition) is 20. The van der Waals surface area contributed by atoms with Crippen molar-refractivity contribution < 1.29 is 28.6 Å². The lowest BCUT2D eigenvalue weighted by molar-refractivity contribution is 0.0650. The summed E-state index contributed by atoms with van der Waals surface area (Å²) in [4.78, 5) is 94.8. The second-order valence-corrected chi connectivity index (χ2v) is 26.9. The van der Waals surface area contributed by atoms with Gasteiger partial charge in [-0.05, 0) is 148 Å². The molecule has 0 saturated carbocycles. The summed E-state index contributed by atoms with van der Waals surface area (Å²) in [5.74, 6) is 3.67. The molecule has 0 radical (unpaired) electrons. The van der Waals surface area contributed by atoms with Crippen molar-refractivity contribution in [3.63, 3.8) is 0 Å². The number of rotatable bonds is 20. The van der Waals surface area contributed by atoms with E-state index in [0.29, 0.717) is 70.0 Å². The molecule has 9 aromatic heterocycles. The Labute approximate surface area is 604 Å². The highest BCUT2D eigenvalue weighted by Crippen LogP contribution is 2.31. The first kappa shape index (κ1) is 71.9. The van der Waals surface area contributed by atoms with Crippen molar-refractivity contribution in [2.45, 2.75) is 53.6 Å². The maximum Gasteiger partial charge on any atom is 0.270 e. The van der Waals surface area contributed by atoms with Gasteiger partial charge in [0.25, 0.3) is 17.7 Å². The number of nitrogens with one attached hydrogen (secondary N) is 5. The smallest absolute Gasteiger partial charge is 0.270 e. The molecule has 3 aromatic carbocycles. The Morgan fingerprint density at radius 3 is 1.45 bits per heavy atom. The number of likely N-dealkylation sites (N-methyl/N-ethyl adjacent to an activating group) is 2. The molecule has 3 amide bonds. The van der Waals surface area contributed by atoms with Crippen molar-refractivity contribution in [3.8, 4) is 51.4 Å². The van der Waals surface area contributed by atoms with E-state index in [1.165, 1.54) is 0 Å².